The van der Waals surface area contributed by atoms with E-state index in [0.29, 0.717) is 93.6 Å². The van der Waals surface area contributed by atoms with Crippen LogP contribution in [0.4, 0.5) is 57.1 Å². The number of aryl methyl sites for hydroxylation is 4. The third-order valence-electron chi connectivity index (χ3n) is 22.6. The number of imidazole rings is 7. The molecule has 14 aromatic heterocycles. The second-order valence-corrected chi connectivity index (χ2v) is 33.1. The van der Waals surface area contributed by atoms with Crippen molar-refractivity contribution < 1.29 is 110 Å². The van der Waals surface area contributed by atoms with Crippen molar-refractivity contribution >= 4 is 109 Å². The Morgan fingerprint density at radius 2 is 0.640 bits per heavy atom. The van der Waals surface area contributed by atoms with Crippen LogP contribution in [0.3, 0.4) is 0 Å². The number of thiophene rings is 2. The molecule has 0 amide bonds. The first-order valence-electron chi connectivity index (χ1n) is 42.4. The summed E-state index contributed by atoms with van der Waals surface area (Å²) in [5.74, 6) is -0.726. The van der Waals surface area contributed by atoms with Gasteiger partial charge in [-0.3, -0.25) is 0 Å². The number of alkyl halides is 6. The molecule has 716 valence electrons. The Morgan fingerprint density at radius 3 is 0.993 bits per heavy atom. The predicted molar refractivity (Wildman–Crippen MR) is 490 cm³/mol. The molecule has 0 fully saturated rings. The van der Waals surface area contributed by atoms with Crippen LogP contribution in [0, 0.1) is 47.6 Å². The number of hydrogen-bond donors (Lipinski definition) is 14. The molecule has 41 heteroatoms. The number of benzene rings is 8. The summed E-state index contributed by atoms with van der Waals surface area (Å²) in [6.45, 7) is 5.86. The normalized spacial score (nSPS) is 13.2. The van der Waals surface area contributed by atoms with Crippen LogP contribution in [-0.4, -0.2) is 122 Å². The summed E-state index contributed by atoms with van der Waals surface area (Å²) >= 11 is 2.75. The fourth-order valence-corrected chi connectivity index (χ4v) is 18.4. The average molecular weight is 1950 g/mol. The third kappa shape index (κ3) is 20.5. The molecule has 26 nitrogen and oxygen atoms in total. The van der Waals surface area contributed by atoms with Crippen LogP contribution < -0.4 is 0 Å². The van der Waals surface area contributed by atoms with Crippen molar-refractivity contribution in [3.8, 4) is 0 Å². The number of nitrogens with zero attached hydrogens (tertiary/aromatic N) is 8. The zero-order chi connectivity index (χ0) is 98.4. The molecule has 22 rings (SSSR count). The SMILES string of the molecule is CCc1csc2c(F)ccc(C(O)c3ncc[nH]3)c12.CCc1csc2c(F)ccc(C(O)c3ncc[nH]3)c12.Cc1coc2c(F)ccc(C(O)c3ncc[nH]3)c12.Cn1ccc2c(F)ccc(C(O)c3ncc[nH]3)c21.OC(c1ncc[nH]1)c1ccc(F)c2oc3ccccc3c12.OC(c1ncc[nH]1)c1ccc(F)c2occ(CC(F)(F)F)c12.OC(c1ncc[nH]1)c1ccc(F)c2occ(CC(F)(F)F)c12. The van der Waals surface area contributed by atoms with Gasteiger partial charge in [0, 0.05) is 160 Å². The molecule has 7 unspecified atom stereocenters. The first-order chi connectivity index (χ1) is 66.8. The zero-order valence-electron chi connectivity index (χ0n) is 73.0. The van der Waals surface area contributed by atoms with Gasteiger partial charge in [-0.1, -0.05) is 74.5 Å². The molecule has 22 aromatic rings. The number of halogens is 13. The van der Waals surface area contributed by atoms with Gasteiger partial charge in [0.15, 0.2) is 45.6 Å². The van der Waals surface area contributed by atoms with Gasteiger partial charge in [-0.25, -0.2) is 65.6 Å². The minimum absolute atomic E-state index is 0.0822. The number of aliphatic hydroxyl groups is 7. The molecule has 0 bridgehead atoms. The van der Waals surface area contributed by atoms with Crippen molar-refractivity contribution in [2.24, 2.45) is 7.05 Å². The number of fused-ring (bicyclic) bond motifs is 9. The highest BCUT2D eigenvalue weighted by molar-refractivity contribution is 7.17. The van der Waals surface area contributed by atoms with Crippen LogP contribution in [0.1, 0.15) is 164 Å². The van der Waals surface area contributed by atoms with E-state index >= 15 is 0 Å². The molecule has 0 spiro atoms. The first kappa shape index (κ1) is 97.0. The molecule has 0 radical (unpaired) electrons. The van der Waals surface area contributed by atoms with Crippen LogP contribution in [0.5, 0.6) is 0 Å². The molecule has 0 saturated carbocycles. The van der Waals surface area contributed by atoms with Gasteiger partial charge in [0.05, 0.1) is 46.5 Å². The third-order valence-corrected chi connectivity index (χ3v) is 24.7. The summed E-state index contributed by atoms with van der Waals surface area (Å²) in [6, 6.07) is 28.2. The molecule has 7 atom stereocenters. The van der Waals surface area contributed by atoms with Crippen LogP contribution in [-0.2, 0) is 32.7 Å². The molecule has 8 aromatic carbocycles. The van der Waals surface area contributed by atoms with E-state index in [2.05, 4.69) is 69.8 Å². The second-order valence-electron chi connectivity index (χ2n) is 31.4. The van der Waals surface area contributed by atoms with Crippen molar-refractivity contribution in [1.29, 1.82) is 0 Å². The Hall–Kier alpha value is -15.1. The van der Waals surface area contributed by atoms with E-state index in [1.807, 2.05) is 56.8 Å². The molecular weight excluding hydrogens is 1870 g/mol. The number of rotatable bonds is 18. The van der Waals surface area contributed by atoms with Crippen LogP contribution in [0.25, 0.3) is 85.9 Å². The minimum atomic E-state index is -4.48. The number of H-pyrrole nitrogens is 7. The lowest BCUT2D eigenvalue weighted by Gasteiger charge is -2.12. The molecule has 14 N–H and O–H groups in total. The van der Waals surface area contributed by atoms with Crippen molar-refractivity contribution in [2.45, 2.75) is 102 Å². The van der Waals surface area contributed by atoms with E-state index in [9.17, 15) is 92.8 Å². The van der Waals surface area contributed by atoms with Gasteiger partial charge in [0.1, 0.15) is 107 Å². The highest BCUT2D eigenvalue weighted by Crippen LogP contribution is 2.44. The lowest BCUT2D eigenvalue weighted by molar-refractivity contribution is -0.128. The maximum Gasteiger partial charge on any atom is 0.393 e. The second kappa shape index (κ2) is 41.5. The van der Waals surface area contributed by atoms with E-state index < -0.39 is 91.2 Å². The largest absolute Gasteiger partial charge is 0.461 e. The van der Waals surface area contributed by atoms with Crippen LogP contribution in [0.15, 0.2) is 255 Å². The fourth-order valence-electron chi connectivity index (χ4n) is 16.2. The van der Waals surface area contributed by atoms with Gasteiger partial charge in [-0.15, -0.1) is 22.7 Å². The number of aliphatic hydroxyl groups excluding tert-OH is 7. The quantitative estimate of drug-likeness (QED) is 0.0355. The molecule has 0 aliphatic carbocycles. The summed E-state index contributed by atoms with van der Waals surface area (Å²) in [5.41, 5.74) is 6.74. The predicted octanol–water partition coefficient (Wildman–Crippen LogP) is 22.1. The van der Waals surface area contributed by atoms with E-state index in [-0.39, 0.29) is 84.5 Å². The van der Waals surface area contributed by atoms with Gasteiger partial charge < -0.3 is 92.9 Å². The van der Waals surface area contributed by atoms with E-state index in [1.165, 1.54) is 96.2 Å². The smallest absolute Gasteiger partial charge is 0.393 e. The van der Waals surface area contributed by atoms with Gasteiger partial charge in [-0.2, -0.15) is 26.3 Å². The van der Waals surface area contributed by atoms with E-state index in [1.54, 1.807) is 115 Å². The van der Waals surface area contributed by atoms with E-state index in [0.717, 1.165) is 70.3 Å². The number of furan rings is 4. The van der Waals surface area contributed by atoms with Gasteiger partial charge >= 0.3 is 12.4 Å². The maximum atomic E-state index is 14.0. The standard InChI is InChI=1S/C16H11FN2O2.2C14H10F4N2O2.2C14H13FN2OS.C13H12FN3O.C13H11FN2O2/c17-11-6-5-10(14(20)16-18-7-8-19-16)13-9-3-1-2-4-12(9)21-15(11)13;2*15-9-2-1-8(11(21)13-19-3-4-20-13)10-7(5-14(16,17)18)6-22-12(9)10;2*1-2-8-7-19-13-10(15)4-3-9(11(8)13)12(18)14-16-5-6-17-14;1-17-7-4-8-10(14)3-2-9(11(8)17)12(18)13-15-5-6-16-13;1-7-6-18-12-9(14)3-2-8(10(7)12)11(17)13-15-4-5-16-13/h1-8,14,20H,(H,18,19);2*1-4,6,11,21H,5H2,(H,19,20);2*3-7,12,18H,2H2,1H3,(H,16,17);2-7,12,18H,1H3,(H,15,16);2-6,11,17H,1H3,(H,15,16). The Balaban J connectivity index is 0.000000117. The molecule has 0 aliphatic rings. The monoisotopic (exact) mass is 1950 g/mol. The Kier molecular flexibility index (Phi) is 28.9. The maximum absolute atomic E-state index is 14.0. The Bertz CT molecular complexity index is 7510. The van der Waals surface area contributed by atoms with Gasteiger partial charge in [0.2, 0.25) is 0 Å². The number of para-hydroxylation sites is 1. The summed E-state index contributed by atoms with van der Waals surface area (Å²) < 4.78 is 196. The Morgan fingerprint density at radius 1 is 0.338 bits per heavy atom. The number of aromatic nitrogens is 15. The zero-order valence-corrected chi connectivity index (χ0v) is 74.6. The topological polar surface area (TPSA) is 400 Å². The highest BCUT2D eigenvalue weighted by Gasteiger charge is 2.35. The summed E-state index contributed by atoms with van der Waals surface area (Å²) in [6.07, 6.45) is 9.74. The molecule has 0 saturated heterocycles. The van der Waals surface area contributed by atoms with Crippen molar-refractivity contribution in [3.63, 3.8) is 0 Å². The lowest BCUT2D eigenvalue weighted by atomic mass is 9.99. The van der Waals surface area contributed by atoms with Crippen molar-refractivity contribution in [3.05, 3.63) is 386 Å². The molecule has 139 heavy (non-hydrogen) atoms. The first-order valence-corrected chi connectivity index (χ1v) is 44.1. The number of aromatic amines is 7. The summed E-state index contributed by atoms with van der Waals surface area (Å²) in [4.78, 5) is 47.6. The van der Waals surface area contributed by atoms with Gasteiger partial charge in [-0.05, 0) is 135 Å². The van der Waals surface area contributed by atoms with E-state index in [4.69, 9.17) is 17.7 Å². The number of hydrogen-bond acceptors (Lipinski definition) is 20. The summed E-state index contributed by atoms with van der Waals surface area (Å²) in [7, 11) is 1.82. The van der Waals surface area contributed by atoms with Gasteiger partial charge in [0.25, 0.3) is 0 Å². The fraction of sp³-hybridized carbons (Fsp3) is 0.173. The van der Waals surface area contributed by atoms with Crippen molar-refractivity contribution in [1.82, 2.24) is 74.3 Å². The molecule has 0 aliphatic heterocycles. The average Bonchev–Trinajstić information content (AvgIpc) is 1.61. The Labute approximate surface area is 783 Å². The number of nitrogens with one attached hydrogen (secondary N) is 7. The highest BCUT2D eigenvalue weighted by atomic mass is 32.1. The summed E-state index contributed by atoms with van der Waals surface area (Å²) in [5, 5.41) is 80.2. The molecular formula is C98H80F13N15O11S2. The molecule has 14 heterocycles. The minimum Gasteiger partial charge on any atom is -0.461 e. The lowest BCUT2D eigenvalue weighted by Crippen LogP contribution is -2.12. The van der Waals surface area contributed by atoms with Crippen LogP contribution in [0.2, 0.25) is 0 Å². The van der Waals surface area contributed by atoms with Crippen LogP contribution >= 0.6 is 22.7 Å². The van der Waals surface area contributed by atoms with Crippen molar-refractivity contribution in [2.75, 3.05) is 0 Å².